The summed E-state index contributed by atoms with van der Waals surface area (Å²) in [7, 11) is -3.02. The Kier molecular flexibility index (Phi) is 7.58. The first-order valence-electron chi connectivity index (χ1n) is 12.7. The van der Waals surface area contributed by atoms with Crippen molar-refractivity contribution in [2.75, 3.05) is 43.0 Å². The number of β-amino-alcohol motifs (C(OH)–C–C–N with tert-alkyl or cyclic N) is 1. The van der Waals surface area contributed by atoms with Gasteiger partial charge in [0, 0.05) is 49.3 Å². The molecule has 2 aliphatic heterocycles. The molecule has 2 aromatic carbocycles. The Morgan fingerprint density at radius 2 is 1.80 bits per heavy atom. The molecule has 4 N–H and O–H groups in total. The number of aromatic nitrogens is 1. The van der Waals surface area contributed by atoms with E-state index in [9.17, 15) is 31.9 Å². The van der Waals surface area contributed by atoms with Crippen LogP contribution in [0.4, 0.5) is 14.5 Å². The molecular formula is C28H28F2N4O5S. The van der Waals surface area contributed by atoms with Crippen LogP contribution in [0.2, 0.25) is 0 Å². The first kappa shape index (κ1) is 27.7. The number of rotatable bonds is 7. The predicted octanol–water partition coefficient (Wildman–Crippen LogP) is 2.58. The van der Waals surface area contributed by atoms with Gasteiger partial charge in [-0.15, -0.1) is 0 Å². The Morgan fingerprint density at radius 3 is 2.50 bits per heavy atom. The predicted molar refractivity (Wildman–Crippen MR) is 147 cm³/mol. The van der Waals surface area contributed by atoms with Crippen molar-refractivity contribution in [2.24, 2.45) is 0 Å². The third-order valence-corrected chi connectivity index (χ3v) is 8.79. The minimum atomic E-state index is -3.02. The highest BCUT2D eigenvalue weighted by molar-refractivity contribution is 7.91. The number of nitrogens with zero attached hydrogens (tertiary/aromatic N) is 1. The van der Waals surface area contributed by atoms with Crippen LogP contribution in [-0.4, -0.2) is 79.0 Å². The zero-order valence-electron chi connectivity index (χ0n) is 21.6. The molecule has 210 valence electrons. The van der Waals surface area contributed by atoms with Gasteiger partial charge in [0.15, 0.2) is 9.84 Å². The van der Waals surface area contributed by atoms with E-state index in [4.69, 9.17) is 0 Å². The minimum absolute atomic E-state index is 0.0313. The van der Waals surface area contributed by atoms with Crippen molar-refractivity contribution in [3.63, 3.8) is 0 Å². The first-order valence-corrected chi connectivity index (χ1v) is 14.5. The zero-order chi connectivity index (χ0) is 28.6. The second kappa shape index (κ2) is 11.0. The molecule has 1 unspecified atom stereocenters. The molecule has 5 rings (SSSR count). The zero-order valence-corrected chi connectivity index (χ0v) is 22.4. The average molecular weight is 571 g/mol. The number of aromatic amines is 1. The number of aliphatic hydroxyl groups is 1. The number of H-pyrrole nitrogens is 1. The topological polar surface area (TPSA) is 132 Å². The van der Waals surface area contributed by atoms with Crippen LogP contribution < -0.4 is 10.6 Å². The van der Waals surface area contributed by atoms with E-state index >= 15 is 0 Å². The van der Waals surface area contributed by atoms with Gasteiger partial charge in [-0.25, -0.2) is 17.2 Å². The summed E-state index contributed by atoms with van der Waals surface area (Å²) in [5.74, 6) is -2.31. The summed E-state index contributed by atoms with van der Waals surface area (Å²) in [5, 5.41) is 15.8. The number of aliphatic hydroxyl groups excluding tert-OH is 1. The van der Waals surface area contributed by atoms with Crippen LogP contribution in [0.25, 0.3) is 22.8 Å². The second-order valence-corrected chi connectivity index (χ2v) is 12.2. The van der Waals surface area contributed by atoms with Gasteiger partial charge in [-0.1, -0.05) is 18.2 Å². The summed E-state index contributed by atoms with van der Waals surface area (Å²) in [6, 6.07) is 8.37. The molecular weight excluding hydrogens is 542 g/mol. The van der Waals surface area contributed by atoms with Crippen molar-refractivity contribution in [3.05, 3.63) is 76.6 Å². The van der Waals surface area contributed by atoms with Crippen molar-refractivity contribution in [3.8, 4) is 11.1 Å². The number of fused-ring (bicyclic) bond motifs is 1. The number of hydrogen-bond acceptors (Lipinski definition) is 6. The monoisotopic (exact) mass is 570 g/mol. The van der Waals surface area contributed by atoms with Crippen LogP contribution >= 0.6 is 0 Å². The lowest BCUT2D eigenvalue weighted by Crippen LogP contribution is -2.46. The molecule has 2 amide bonds. The maximum Gasteiger partial charge on any atom is 0.256 e. The summed E-state index contributed by atoms with van der Waals surface area (Å²) >= 11 is 0. The number of benzene rings is 2. The molecule has 0 saturated carbocycles. The molecule has 2 aliphatic rings. The number of anilines is 1. The number of nitrogens with one attached hydrogen (secondary N) is 3. The van der Waals surface area contributed by atoms with E-state index in [1.54, 1.807) is 25.1 Å². The fourth-order valence-corrected chi connectivity index (χ4v) is 6.27. The highest BCUT2D eigenvalue weighted by Gasteiger charge is 2.30. The molecule has 1 fully saturated rings. The lowest BCUT2D eigenvalue weighted by atomic mass is 9.93. The highest BCUT2D eigenvalue weighted by atomic mass is 32.2. The Bertz CT molecular complexity index is 1600. The molecule has 12 heteroatoms. The molecule has 1 saturated heterocycles. The third kappa shape index (κ3) is 5.55. The Balaban J connectivity index is 1.33. The molecule has 0 bridgehead atoms. The molecule has 40 heavy (non-hydrogen) atoms. The summed E-state index contributed by atoms with van der Waals surface area (Å²) < 4.78 is 52.4. The van der Waals surface area contributed by atoms with E-state index in [2.05, 4.69) is 15.6 Å². The Labute approximate surface area is 229 Å². The van der Waals surface area contributed by atoms with Crippen LogP contribution in [-0.2, 0) is 14.6 Å². The maximum absolute atomic E-state index is 14.6. The van der Waals surface area contributed by atoms with Gasteiger partial charge in [-0.3, -0.25) is 14.5 Å². The highest BCUT2D eigenvalue weighted by Crippen LogP contribution is 2.42. The van der Waals surface area contributed by atoms with Crippen molar-refractivity contribution in [1.29, 1.82) is 0 Å². The van der Waals surface area contributed by atoms with E-state index < -0.39 is 39.4 Å². The summed E-state index contributed by atoms with van der Waals surface area (Å²) in [4.78, 5) is 30.6. The van der Waals surface area contributed by atoms with Gasteiger partial charge in [0.2, 0.25) is 0 Å². The van der Waals surface area contributed by atoms with Crippen molar-refractivity contribution in [1.82, 2.24) is 15.2 Å². The van der Waals surface area contributed by atoms with E-state index in [1.807, 2.05) is 4.90 Å². The van der Waals surface area contributed by atoms with Gasteiger partial charge in [-0.2, -0.15) is 0 Å². The van der Waals surface area contributed by atoms with E-state index in [0.29, 0.717) is 41.2 Å². The minimum Gasteiger partial charge on any atom is -0.390 e. The van der Waals surface area contributed by atoms with Gasteiger partial charge in [0.25, 0.3) is 11.8 Å². The Hall–Kier alpha value is -3.87. The van der Waals surface area contributed by atoms with Gasteiger partial charge in [0.05, 0.1) is 34.3 Å². The SMILES string of the molecule is Cc1c(C(=O)NCC(O)CN2CCS(=O)(=O)CC2)c[nH]c1/C=C1\C(=O)Nc2cccc(-c3c(F)cccc3F)c21. The summed E-state index contributed by atoms with van der Waals surface area (Å²) in [6.45, 7) is 2.57. The van der Waals surface area contributed by atoms with E-state index in [-0.39, 0.29) is 41.3 Å². The molecule has 0 radical (unpaired) electrons. The van der Waals surface area contributed by atoms with Gasteiger partial charge < -0.3 is 20.7 Å². The Morgan fingerprint density at radius 1 is 1.12 bits per heavy atom. The van der Waals surface area contributed by atoms with E-state index in [1.165, 1.54) is 18.3 Å². The van der Waals surface area contributed by atoms with Crippen LogP contribution in [0.3, 0.4) is 0 Å². The third-order valence-electron chi connectivity index (χ3n) is 7.18. The first-order chi connectivity index (χ1) is 19.0. The molecule has 1 aromatic heterocycles. The fraction of sp³-hybridized carbons (Fsp3) is 0.286. The number of halogens is 2. The van der Waals surface area contributed by atoms with Gasteiger partial charge >= 0.3 is 0 Å². The number of carbonyl (C=O) groups excluding carboxylic acids is 2. The maximum atomic E-state index is 14.6. The van der Waals surface area contributed by atoms with Crippen molar-refractivity contribution >= 4 is 39.0 Å². The van der Waals surface area contributed by atoms with Crippen molar-refractivity contribution in [2.45, 2.75) is 13.0 Å². The van der Waals surface area contributed by atoms with Crippen LogP contribution in [0.5, 0.6) is 0 Å². The van der Waals surface area contributed by atoms with Crippen LogP contribution in [0.1, 0.15) is 27.2 Å². The number of amides is 2. The van der Waals surface area contributed by atoms with Gasteiger partial charge in [0.1, 0.15) is 11.6 Å². The van der Waals surface area contributed by atoms with Gasteiger partial charge in [-0.05, 0) is 42.3 Å². The molecule has 0 aliphatic carbocycles. The molecule has 1 atom stereocenters. The summed E-state index contributed by atoms with van der Waals surface area (Å²) in [5.41, 5.74) is 2.23. The average Bonchev–Trinajstić information content (AvgIpc) is 3.43. The second-order valence-electron chi connectivity index (χ2n) is 9.89. The largest absolute Gasteiger partial charge is 0.390 e. The normalized spacial score (nSPS) is 18.4. The van der Waals surface area contributed by atoms with Crippen LogP contribution in [0.15, 0.2) is 42.6 Å². The lowest BCUT2D eigenvalue weighted by Gasteiger charge is -2.28. The van der Waals surface area contributed by atoms with E-state index in [0.717, 1.165) is 12.1 Å². The number of hydrogen-bond donors (Lipinski definition) is 4. The molecule has 3 aromatic rings. The number of sulfone groups is 1. The lowest BCUT2D eigenvalue weighted by molar-refractivity contribution is -0.110. The quantitative estimate of drug-likeness (QED) is 0.323. The molecule has 9 nitrogen and oxygen atoms in total. The molecule has 3 heterocycles. The number of carbonyl (C=O) groups is 2. The van der Waals surface area contributed by atoms with Crippen LogP contribution in [0, 0.1) is 18.6 Å². The molecule has 0 spiro atoms. The smallest absolute Gasteiger partial charge is 0.256 e. The van der Waals surface area contributed by atoms with Crippen molar-refractivity contribution < 1.29 is 31.9 Å². The summed E-state index contributed by atoms with van der Waals surface area (Å²) in [6.07, 6.45) is 2.13. The standard InChI is InChI=1S/C28H28F2N4O5S/c1-16-20(27(36)32-13-17(35)15-34-8-10-40(38,39)11-9-34)14-31-24(16)12-19-25-18(4-2-7-23(25)33-28(19)37)26-21(29)5-3-6-22(26)30/h2-7,12,14,17,31,35H,8-11,13,15H2,1H3,(H,32,36)(H,33,37)/b19-12-. The fourth-order valence-electron chi connectivity index (χ4n) is 4.99.